The van der Waals surface area contributed by atoms with Crippen LogP contribution in [-0.4, -0.2) is 61.6 Å². The zero-order chi connectivity index (χ0) is 23.6. The number of ether oxygens (including phenoxy) is 1. The first kappa shape index (κ1) is 25.1. The quantitative estimate of drug-likeness (QED) is 0.480. The number of hydrogen-bond acceptors (Lipinski definition) is 5. The van der Waals surface area contributed by atoms with Crippen LogP contribution < -0.4 is 16.0 Å². The van der Waals surface area contributed by atoms with Gasteiger partial charge < -0.3 is 20.7 Å². The second-order valence-electron chi connectivity index (χ2n) is 8.65. The number of carbonyl (C=O) groups excluding carboxylic acids is 2. The lowest BCUT2D eigenvalue weighted by molar-refractivity contribution is -0.121. The predicted molar refractivity (Wildman–Crippen MR) is 129 cm³/mol. The summed E-state index contributed by atoms with van der Waals surface area (Å²) in [4.78, 5) is 26.5. The van der Waals surface area contributed by atoms with Crippen molar-refractivity contribution in [1.82, 2.24) is 20.9 Å². The molecule has 1 aromatic rings. The Balaban J connectivity index is 0.00000149. The first-order valence-corrected chi connectivity index (χ1v) is 11.9. The molecule has 0 saturated carbocycles. The van der Waals surface area contributed by atoms with Gasteiger partial charge in [-0.3, -0.25) is 14.5 Å². The molecule has 4 rings (SSSR count). The Bertz CT molecular complexity index is 862. The summed E-state index contributed by atoms with van der Waals surface area (Å²) >= 11 is 5.93. The molecule has 3 N–H and O–H groups in total. The minimum Gasteiger partial charge on any atom is -0.385 e. The van der Waals surface area contributed by atoms with Crippen LogP contribution in [0, 0.1) is 12.8 Å². The van der Waals surface area contributed by atoms with Gasteiger partial charge in [0.1, 0.15) is 0 Å². The molecule has 2 unspecified atom stereocenters. The van der Waals surface area contributed by atoms with Crippen molar-refractivity contribution in [2.45, 2.75) is 50.8 Å². The van der Waals surface area contributed by atoms with Crippen molar-refractivity contribution in [3.8, 4) is 12.8 Å². The highest BCUT2D eigenvalue weighted by atomic mass is 35.5. The number of benzene rings is 1. The first-order chi connectivity index (χ1) is 16.0. The van der Waals surface area contributed by atoms with E-state index in [1.165, 1.54) is 0 Å². The number of terminal acetylenes is 1. The van der Waals surface area contributed by atoms with Crippen LogP contribution in [0.4, 0.5) is 0 Å². The molecular weight excluding hydrogens is 440 g/mol. The molecule has 0 spiro atoms. The van der Waals surface area contributed by atoms with Gasteiger partial charge in [0, 0.05) is 62.5 Å². The molecule has 33 heavy (non-hydrogen) atoms. The van der Waals surface area contributed by atoms with Crippen LogP contribution in [0.2, 0.25) is 5.02 Å². The lowest BCUT2D eigenvalue weighted by Gasteiger charge is -2.21. The molecule has 0 aliphatic carbocycles. The van der Waals surface area contributed by atoms with Gasteiger partial charge in [0.05, 0.1) is 12.5 Å². The van der Waals surface area contributed by atoms with E-state index >= 15 is 0 Å². The van der Waals surface area contributed by atoms with Gasteiger partial charge in [-0.2, -0.15) is 0 Å². The molecule has 0 aromatic heterocycles. The normalized spacial score (nSPS) is 22.6. The second-order valence-corrected chi connectivity index (χ2v) is 9.09. The summed E-state index contributed by atoms with van der Waals surface area (Å²) in [5.74, 6) is 0.146. The topological polar surface area (TPSA) is 82.7 Å². The average molecular weight is 473 g/mol. The molecule has 178 valence electrons. The molecule has 0 bridgehead atoms. The average Bonchev–Trinajstić information content (AvgIpc) is 3.56. The lowest BCUT2D eigenvalue weighted by atomic mass is 10.1. The van der Waals surface area contributed by atoms with E-state index in [-0.39, 0.29) is 24.0 Å². The highest BCUT2D eigenvalue weighted by Gasteiger charge is 2.29. The zero-order valence-electron chi connectivity index (χ0n) is 18.9. The van der Waals surface area contributed by atoms with E-state index in [1.54, 1.807) is 0 Å². The van der Waals surface area contributed by atoms with Gasteiger partial charge in [0.25, 0.3) is 0 Å². The van der Waals surface area contributed by atoms with Crippen LogP contribution in [0.1, 0.15) is 37.7 Å². The highest BCUT2D eigenvalue weighted by Crippen LogP contribution is 2.21. The zero-order valence-corrected chi connectivity index (χ0v) is 19.7. The smallest absolute Gasteiger partial charge is 0.224 e. The monoisotopic (exact) mass is 472 g/mol. The van der Waals surface area contributed by atoms with Gasteiger partial charge in [-0.25, -0.2) is 0 Å². The van der Waals surface area contributed by atoms with Crippen molar-refractivity contribution in [2.75, 3.05) is 32.8 Å². The number of hydrogen-bond donors (Lipinski definition) is 3. The predicted octanol–water partition coefficient (Wildman–Crippen LogP) is 2.21. The van der Waals surface area contributed by atoms with E-state index in [2.05, 4.69) is 33.7 Å². The molecule has 0 radical (unpaired) electrons. The summed E-state index contributed by atoms with van der Waals surface area (Å²) in [5, 5.41) is 10.3. The summed E-state index contributed by atoms with van der Waals surface area (Å²) in [5.41, 5.74) is 3.27. The SMILES string of the molecule is C#C.O=C(CC1=C(NCC2CCCO2)CN(CC2CCC(=O)N2)C1)NCc1ccc(Cl)cc1. The minimum absolute atomic E-state index is 0.0115. The van der Waals surface area contributed by atoms with E-state index in [1.807, 2.05) is 24.3 Å². The van der Waals surface area contributed by atoms with E-state index < -0.39 is 0 Å². The molecule has 2 atom stereocenters. The van der Waals surface area contributed by atoms with E-state index in [9.17, 15) is 9.59 Å². The molecule has 7 nitrogen and oxygen atoms in total. The number of nitrogens with zero attached hydrogens (tertiary/aromatic N) is 1. The van der Waals surface area contributed by atoms with Gasteiger partial charge >= 0.3 is 0 Å². The maximum absolute atomic E-state index is 12.6. The number of amides is 2. The van der Waals surface area contributed by atoms with Crippen LogP contribution in [0.15, 0.2) is 35.5 Å². The van der Waals surface area contributed by atoms with E-state index in [4.69, 9.17) is 16.3 Å². The summed E-state index contributed by atoms with van der Waals surface area (Å²) in [7, 11) is 0. The van der Waals surface area contributed by atoms with Crippen LogP contribution in [0.3, 0.4) is 0 Å². The molecule has 2 amide bonds. The van der Waals surface area contributed by atoms with Crippen LogP contribution in [0.25, 0.3) is 0 Å². The molecule has 2 saturated heterocycles. The maximum atomic E-state index is 12.6. The van der Waals surface area contributed by atoms with Gasteiger partial charge in [-0.05, 0) is 42.5 Å². The van der Waals surface area contributed by atoms with Crippen molar-refractivity contribution < 1.29 is 14.3 Å². The summed E-state index contributed by atoms with van der Waals surface area (Å²) < 4.78 is 5.74. The van der Waals surface area contributed by atoms with Crippen LogP contribution >= 0.6 is 11.6 Å². The Kier molecular flexibility index (Phi) is 9.61. The van der Waals surface area contributed by atoms with Crippen molar-refractivity contribution in [3.63, 3.8) is 0 Å². The Hall–Kier alpha value is -2.53. The molecule has 3 heterocycles. The molecule has 8 heteroatoms. The Labute approximate surface area is 201 Å². The minimum atomic E-state index is 0.0115. The summed E-state index contributed by atoms with van der Waals surface area (Å²) in [6.07, 6.45) is 12.3. The van der Waals surface area contributed by atoms with Crippen LogP contribution in [0.5, 0.6) is 0 Å². The largest absolute Gasteiger partial charge is 0.385 e. The van der Waals surface area contributed by atoms with Crippen molar-refractivity contribution in [2.24, 2.45) is 0 Å². The van der Waals surface area contributed by atoms with Crippen molar-refractivity contribution in [3.05, 3.63) is 46.1 Å². The van der Waals surface area contributed by atoms with Gasteiger partial charge in [-0.15, -0.1) is 12.8 Å². The highest BCUT2D eigenvalue weighted by molar-refractivity contribution is 6.30. The van der Waals surface area contributed by atoms with Gasteiger partial charge in [-0.1, -0.05) is 23.7 Å². The Morgan fingerprint density at radius 3 is 2.67 bits per heavy atom. The third kappa shape index (κ3) is 7.78. The summed E-state index contributed by atoms with van der Waals surface area (Å²) in [6, 6.07) is 7.70. The Morgan fingerprint density at radius 2 is 2.00 bits per heavy atom. The standard InChI is InChI=1S/C23H31ClN4O3.C2H2/c24-18-5-3-16(4-6-18)11-26-23(30)10-17-13-28(14-19-7-8-22(29)27-19)15-21(17)25-12-20-2-1-9-31-20;1-2/h3-6,19-20,25H,1-2,7-15H2,(H,26,30)(H,27,29);1-2H. The third-order valence-electron chi connectivity index (χ3n) is 6.13. The van der Waals surface area contributed by atoms with E-state index in [0.29, 0.717) is 24.4 Å². The van der Waals surface area contributed by atoms with Gasteiger partial charge in [0.2, 0.25) is 11.8 Å². The number of nitrogens with one attached hydrogen (secondary N) is 3. The fourth-order valence-corrected chi connectivity index (χ4v) is 4.58. The van der Waals surface area contributed by atoms with Crippen LogP contribution in [-0.2, 0) is 20.9 Å². The number of carbonyl (C=O) groups is 2. The van der Waals surface area contributed by atoms with Gasteiger partial charge in [0.15, 0.2) is 0 Å². The van der Waals surface area contributed by atoms with Crippen molar-refractivity contribution >= 4 is 23.4 Å². The number of rotatable bonds is 9. The number of halogens is 1. The first-order valence-electron chi connectivity index (χ1n) is 11.5. The third-order valence-corrected chi connectivity index (χ3v) is 6.38. The molecule has 1 aromatic carbocycles. The Morgan fingerprint density at radius 1 is 1.21 bits per heavy atom. The van der Waals surface area contributed by atoms with E-state index in [0.717, 1.165) is 68.9 Å². The molecule has 3 aliphatic rings. The second kappa shape index (κ2) is 12.6. The molecule has 2 fully saturated rings. The molecular formula is C25H33ClN4O3. The summed E-state index contributed by atoms with van der Waals surface area (Å²) in [6.45, 7) is 4.43. The maximum Gasteiger partial charge on any atom is 0.224 e. The molecule has 3 aliphatic heterocycles. The lowest BCUT2D eigenvalue weighted by Crippen LogP contribution is -2.38. The fourth-order valence-electron chi connectivity index (χ4n) is 4.46. The fraction of sp³-hybridized carbons (Fsp3) is 0.520. The van der Waals surface area contributed by atoms with Crippen molar-refractivity contribution in [1.29, 1.82) is 0 Å².